The van der Waals surface area contributed by atoms with Crippen LogP contribution >= 0.6 is 11.3 Å². The fourth-order valence-electron chi connectivity index (χ4n) is 2.47. The molecule has 1 aliphatic carbocycles. The van der Waals surface area contributed by atoms with Crippen molar-refractivity contribution >= 4 is 11.3 Å². The highest BCUT2D eigenvalue weighted by molar-refractivity contribution is 7.09. The third-order valence-corrected chi connectivity index (χ3v) is 4.26. The van der Waals surface area contributed by atoms with E-state index in [4.69, 9.17) is 0 Å². The molecule has 0 bridgehead atoms. The quantitative estimate of drug-likeness (QED) is 0.824. The van der Waals surface area contributed by atoms with E-state index in [2.05, 4.69) is 29.8 Å². The Labute approximate surface area is 96.9 Å². The van der Waals surface area contributed by atoms with Gasteiger partial charge in [-0.1, -0.05) is 25.8 Å². The van der Waals surface area contributed by atoms with E-state index in [9.17, 15) is 0 Å². The molecule has 2 heteroatoms. The maximum Gasteiger partial charge on any atom is 0.00697 e. The summed E-state index contributed by atoms with van der Waals surface area (Å²) in [5.41, 5.74) is 0. The van der Waals surface area contributed by atoms with Crippen LogP contribution in [0, 0.1) is 5.92 Å². The molecule has 84 valence electrons. The van der Waals surface area contributed by atoms with Gasteiger partial charge in [0.1, 0.15) is 0 Å². The Balaban J connectivity index is 1.65. The summed E-state index contributed by atoms with van der Waals surface area (Å²) < 4.78 is 0. The fraction of sp³-hybridized carbons (Fsp3) is 0.692. The van der Waals surface area contributed by atoms with Crippen molar-refractivity contribution in [1.29, 1.82) is 0 Å². The summed E-state index contributed by atoms with van der Waals surface area (Å²) in [6.45, 7) is 3.53. The van der Waals surface area contributed by atoms with Gasteiger partial charge in [-0.3, -0.25) is 0 Å². The monoisotopic (exact) mass is 223 g/mol. The third-order valence-electron chi connectivity index (χ3n) is 3.32. The molecular formula is C13H21NS. The Morgan fingerprint density at radius 1 is 1.47 bits per heavy atom. The molecule has 2 rings (SSSR count). The van der Waals surface area contributed by atoms with Crippen LogP contribution in [-0.4, -0.2) is 12.6 Å². The predicted octanol–water partition coefficient (Wildman–Crippen LogP) is 3.46. The second-order valence-electron chi connectivity index (χ2n) is 4.75. The first-order valence-corrected chi connectivity index (χ1v) is 6.98. The summed E-state index contributed by atoms with van der Waals surface area (Å²) in [7, 11) is 0. The van der Waals surface area contributed by atoms with Crippen molar-refractivity contribution in [1.82, 2.24) is 5.32 Å². The van der Waals surface area contributed by atoms with Crippen molar-refractivity contribution in [2.45, 2.75) is 45.1 Å². The van der Waals surface area contributed by atoms with E-state index in [1.54, 1.807) is 0 Å². The minimum Gasteiger partial charge on any atom is -0.314 e. The fourth-order valence-corrected chi connectivity index (χ4v) is 3.18. The highest BCUT2D eigenvalue weighted by Gasteiger charge is 2.17. The Bertz CT molecular complexity index is 268. The smallest absolute Gasteiger partial charge is 0.00697 e. The zero-order chi connectivity index (χ0) is 10.5. The average Bonchev–Trinajstić information content (AvgIpc) is 2.71. The van der Waals surface area contributed by atoms with Gasteiger partial charge in [-0.15, -0.1) is 11.3 Å². The minimum atomic E-state index is 0.786. The maximum atomic E-state index is 3.70. The van der Waals surface area contributed by atoms with Crippen molar-refractivity contribution in [2.75, 3.05) is 6.54 Å². The van der Waals surface area contributed by atoms with E-state index in [-0.39, 0.29) is 0 Å². The van der Waals surface area contributed by atoms with E-state index in [1.807, 2.05) is 11.3 Å². The standard InChI is InChI=1S/C13H21NS/c1-11-4-2-5-12(10-11)14-8-7-13-6-3-9-15-13/h3,6,9,11-12,14H,2,4-5,7-8,10H2,1H3. The van der Waals surface area contributed by atoms with Gasteiger partial charge in [-0.05, 0) is 36.6 Å². The van der Waals surface area contributed by atoms with Crippen LogP contribution in [0.4, 0.5) is 0 Å². The Morgan fingerprint density at radius 3 is 3.13 bits per heavy atom. The lowest BCUT2D eigenvalue weighted by Gasteiger charge is -2.27. The summed E-state index contributed by atoms with van der Waals surface area (Å²) in [5, 5.41) is 5.86. The molecule has 0 saturated heterocycles. The van der Waals surface area contributed by atoms with Gasteiger partial charge in [0, 0.05) is 17.5 Å². The second-order valence-corrected chi connectivity index (χ2v) is 5.78. The molecule has 1 N–H and O–H groups in total. The van der Waals surface area contributed by atoms with Gasteiger partial charge >= 0.3 is 0 Å². The van der Waals surface area contributed by atoms with Gasteiger partial charge < -0.3 is 5.32 Å². The van der Waals surface area contributed by atoms with E-state index in [1.165, 1.54) is 37.0 Å². The van der Waals surface area contributed by atoms with E-state index in [0.717, 1.165) is 18.5 Å². The molecule has 1 nitrogen and oxygen atoms in total. The average molecular weight is 223 g/mol. The molecule has 0 spiro atoms. The first-order valence-electron chi connectivity index (χ1n) is 6.10. The highest BCUT2D eigenvalue weighted by atomic mass is 32.1. The highest BCUT2D eigenvalue weighted by Crippen LogP contribution is 2.23. The van der Waals surface area contributed by atoms with Crippen LogP contribution in [0.2, 0.25) is 0 Å². The lowest BCUT2D eigenvalue weighted by molar-refractivity contribution is 0.303. The normalized spacial score (nSPS) is 26.7. The van der Waals surface area contributed by atoms with E-state index in [0.29, 0.717) is 0 Å². The largest absolute Gasteiger partial charge is 0.314 e. The molecule has 2 unspecified atom stereocenters. The molecule has 0 radical (unpaired) electrons. The molecule has 2 atom stereocenters. The Kier molecular flexibility index (Phi) is 4.21. The lowest BCUT2D eigenvalue weighted by atomic mass is 9.87. The molecule has 1 aromatic heterocycles. The second kappa shape index (κ2) is 5.66. The maximum absolute atomic E-state index is 3.70. The third kappa shape index (κ3) is 3.62. The van der Waals surface area contributed by atoms with Gasteiger partial charge in [0.2, 0.25) is 0 Å². The number of hydrogen-bond donors (Lipinski definition) is 1. The van der Waals surface area contributed by atoms with Gasteiger partial charge in [0.25, 0.3) is 0 Å². The summed E-state index contributed by atoms with van der Waals surface area (Å²) in [6, 6.07) is 5.16. The molecule has 0 amide bonds. The summed E-state index contributed by atoms with van der Waals surface area (Å²) >= 11 is 1.87. The van der Waals surface area contributed by atoms with Crippen LogP contribution in [0.5, 0.6) is 0 Å². The number of rotatable bonds is 4. The lowest BCUT2D eigenvalue weighted by Crippen LogP contribution is -2.34. The summed E-state index contributed by atoms with van der Waals surface area (Å²) in [4.78, 5) is 1.51. The van der Waals surface area contributed by atoms with Gasteiger partial charge in [0.15, 0.2) is 0 Å². The predicted molar refractivity (Wildman–Crippen MR) is 67.4 cm³/mol. The van der Waals surface area contributed by atoms with Gasteiger partial charge in [-0.25, -0.2) is 0 Å². The van der Waals surface area contributed by atoms with Crippen LogP contribution in [0.25, 0.3) is 0 Å². The molecule has 1 fully saturated rings. The number of thiophene rings is 1. The molecule has 1 heterocycles. The van der Waals surface area contributed by atoms with Crippen molar-refractivity contribution in [3.63, 3.8) is 0 Å². The van der Waals surface area contributed by atoms with Crippen LogP contribution < -0.4 is 5.32 Å². The molecule has 1 saturated carbocycles. The molecule has 0 aliphatic heterocycles. The zero-order valence-electron chi connectivity index (χ0n) is 9.54. The minimum absolute atomic E-state index is 0.786. The molecule has 0 aromatic carbocycles. The topological polar surface area (TPSA) is 12.0 Å². The SMILES string of the molecule is CC1CCCC(NCCc2cccs2)C1. The van der Waals surface area contributed by atoms with Crippen molar-refractivity contribution in [3.05, 3.63) is 22.4 Å². The van der Waals surface area contributed by atoms with Crippen LogP contribution in [-0.2, 0) is 6.42 Å². The summed E-state index contributed by atoms with van der Waals surface area (Å²) in [6.07, 6.45) is 6.81. The van der Waals surface area contributed by atoms with Crippen molar-refractivity contribution in [3.8, 4) is 0 Å². The first-order chi connectivity index (χ1) is 7.34. The Morgan fingerprint density at radius 2 is 2.40 bits per heavy atom. The van der Waals surface area contributed by atoms with E-state index >= 15 is 0 Å². The van der Waals surface area contributed by atoms with Gasteiger partial charge in [0.05, 0.1) is 0 Å². The summed E-state index contributed by atoms with van der Waals surface area (Å²) in [5.74, 6) is 0.929. The molecule has 1 aromatic rings. The zero-order valence-corrected chi connectivity index (χ0v) is 10.4. The molecular weight excluding hydrogens is 202 g/mol. The number of nitrogens with one attached hydrogen (secondary N) is 1. The van der Waals surface area contributed by atoms with Crippen LogP contribution in [0.3, 0.4) is 0 Å². The van der Waals surface area contributed by atoms with Crippen molar-refractivity contribution in [2.24, 2.45) is 5.92 Å². The molecule has 15 heavy (non-hydrogen) atoms. The number of hydrogen-bond acceptors (Lipinski definition) is 2. The van der Waals surface area contributed by atoms with Gasteiger partial charge in [-0.2, -0.15) is 0 Å². The van der Waals surface area contributed by atoms with E-state index < -0.39 is 0 Å². The first kappa shape index (κ1) is 11.2. The van der Waals surface area contributed by atoms with Crippen LogP contribution in [0.1, 0.15) is 37.5 Å². The molecule has 1 aliphatic rings. The Hall–Kier alpha value is -0.340. The van der Waals surface area contributed by atoms with Crippen molar-refractivity contribution < 1.29 is 0 Å². The van der Waals surface area contributed by atoms with Crippen LogP contribution in [0.15, 0.2) is 17.5 Å².